The van der Waals surface area contributed by atoms with Gasteiger partial charge in [-0.3, -0.25) is 0 Å². The summed E-state index contributed by atoms with van der Waals surface area (Å²) >= 11 is 6.28. The number of thiol groups is 1. The first kappa shape index (κ1) is 12.1. The first-order valence-electron chi connectivity index (χ1n) is 3.12. The fourth-order valence-electron chi connectivity index (χ4n) is 0.771. The summed E-state index contributed by atoms with van der Waals surface area (Å²) in [6, 6.07) is 1.83. The zero-order valence-electron chi connectivity index (χ0n) is 6.36. The maximum Gasteiger partial charge on any atom is 0.310 e. The van der Waals surface area contributed by atoms with Crippen molar-refractivity contribution in [3.63, 3.8) is 0 Å². The summed E-state index contributed by atoms with van der Waals surface area (Å²) in [5.41, 5.74) is 0. The molecule has 1 rings (SSSR count). The number of rotatable bonds is 1. The lowest BCUT2D eigenvalue weighted by Crippen LogP contribution is -2.05. The van der Waals surface area contributed by atoms with Crippen molar-refractivity contribution in [2.24, 2.45) is 0 Å². The van der Waals surface area contributed by atoms with Crippen molar-refractivity contribution in [3.05, 3.63) is 22.7 Å². The first-order chi connectivity index (χ1) is 5.88. The Kier molecular flexibility index (Phi) is 2.24. The predicted octanol–water partition coefficient (Wildman–Crippen LogP) is 5.40. The molecule has 0 aliphatic heterocycles. The molecular formula is C6H4BrF5S2. The Bertz CT molecular complexity index is 364. The first-order valence-corrected chi connectivity index (χ1v) is 6.31. The Labute approximate surface area is 90.8 Å². The van der Waals surface area contributed by atoms with Crippen LogP contribution in [0.25, 0.3) is 0 Å². The van der Waals surface area contributed by atoms with Crippen molar-refractivity contribution < 1.29 is 19.4 Å². The summed E-state index contributed by atoms with van der Waals surface area (Å²) < 4.78 is 61.2. The highest BCUT2D eigenvalue weighted by atomic mass is 79.9. The second-order valence-electron chi connectivity index (χ2n) is 2.61. The van der Waals surface area contributed by atoms with Crippen LogP contribution in [0.1, 0.15) is 0 Å². The molecule has 82 valence electrons. The number of hydrogen-bond acceptors (Lipinski definition) is 1. The van der Waals surface area contributed by atoms with Gasteiger partial charge in [-0.1, -0.05) is 35.4 Å². The molecule has 1 aromatic rings. The Balaban J connectivity index is 3.50. The van der Waals surface area contributed by atoms with Gasteiger partial charge in [-0.2, -0.15) is 0 Å². The van der Waals surface area contributed by atoms with E-state index < -0.39 is 15.1 Å². The van der Waals surface area contributed by atoms with E-state index in [4.69, 9.17) is 0 Å². The van der Waals surface area contributed by atoms with E-state index in [9.17, 15) is 19.4 Å². The highest BCUT2D eigenvalue weighted by molar-refractivity contribution is 9.10. The van der Waals surface area contributed by atoms with Crippen LogP contribution in [0.15, 0.2) is 32.5 Å². The highest BCUT2D eigenvalue weighted by Gasteiger charge is 2.65. The SMILES string of the molecule is FS(F)(F)(F)(F)c1cc(S)cc(Br)c1. The molecule has 1 aromatic carbocycles. The molecule has 0 nitrogen and oxygen atoms in total. The van der Waals surface area contributed by atoms with Gasteiger partial charge in [-0.15, -0.1) is 12.6 Å². The van der Waals surface area contributed by atoms with E-state index in [0.717, 1.165) is 0 Å². The Morgan fingerprint density at radius 1 is 1.00 bits per heavy atom. The molecule has 0 spiro atoms. The van der Waals surface area contributed by atoms with Crippen LogP contribution in [0.5, 0.6) is 0 Å². The second kappa shape index (κ2) is 2.59. The van der Waals surface area contributed by atoms with Gasteiger partial charge in [-0.25, -0.2) is 0 Å². The van der Waals surface area contributed by atoms with Crippen molar-refractivity contribution in [3.8, 4) is 0 Å². The third-order valence-electron chi connectivity index (χ3n) is 1.30. The van der Waals surface area contributed by atoms with E-state index in [1.54, 1.807) is 0 Å². The third kappa shape index (κ3) is 3.03. The molecule has 0 N–H and O–H groups in total. The molecule has 0 aliphatic rings. The summed E-state index contributed by atoms with van der Waals surface area (Å²) in [5.74, 6) is 0. The van der Waals surface area contributed by atoms with Gasteiger partial charge in [0.05, 0.1) is 0 Å². The van der Waals surface area contributed by atoms with E-state index >= 15 is 0 Å². The fourth-order valence-corrected chi connectivity index (χ4v) is 2.66. The smallest absolute Gasteiger partial charge is 0.143 e. The molecule has 0 saturated heterocycles. The third-order valence-corrected chi connectivity index (χ3v) is 3.14. The zero-order chi connectivity index (χ0) is 11.3. The Morgan fingerprint density at radius 3 is 1.86 bits per heavy atom. The monoisotopic (exact) mass is 314 g/mol. The van der Waals surface area contributed by atoms with Crippen LogP contribution in [-0.2, 0) is 0 Å². The van der Waals surface area contributed by atoms with Crippen LogP contribution >= 0.6 is 38.8 Å². The van der Waals surface area contributed by atoms with E-state index in [0.29, 0.717) is 12.1 Å². The molecule has 0 bridgehead atoms. The summed E-state index contributed by atoms with van der Waals surface area (Å²) in [6.07, 6.45) is 0. The summed E-state index contributed by atoms with van der Waals surface area (Å²) in [5, 5.41) is 0. The highest BCUT2D eigenvalue weighted by Crippen LogP contribution is 3.02. The molecule has 8 heteroatoms. The minimum absolute atomic E-state index is 0.0896. The van der Waals surface area contributed by atoms with Crippen LogP contribution in [-0.4, -0.2) is 0 Å². The standard InChI is InChI=1S/C6H4BrF5S2/c7-4-1-5(13)3-6(2-4)14(8,9,10,11)12/h1-3,13H. The molecule has 0 aromatic heterocycles. The minimum atomic E-state index is -9.58. The quantitative estimate of drug-likeness (QED) is 0.521. The lowest BCUT2D eigenvalue weighted by atomic mass is 10.4. The van der Waals surface area contributed by atoms with E-state index in [1.165, 1.54) is 6.07 Å². The fraction of sp³-hybridized carbons (Fsp3) is 0. The zero-order valence-corrected chi connectivity index (χ0v) is 9.65. The Hall–Kier alpha value is 0.0500. The summed E-state index contributed by atoms with van der Waals surface area (Å²) in [4.78, 5) is -2.12. The average Bonchev–Trinajstić information content (AvgIpc) is 1.78. The van der Waals surface area contributed by atoms with Crippen molar-refractivity contribution in [1.29, 1.82) is 0 Å². The summed E-state index contributed by atoms with van der Waals surface area (Å²) in [7, 11) is -9.58. The molecule has 0 aliphatic carbocycles. The number of halogens is 6. The van der Waals surface area contributed by atoms with Gasteiger partial charge in [0.15, 0.2) is 0 Å². The molecule has 0 unspecified atom stereocenters. The van der Waals surface area contributed by atoms with Crippen LogP contribution in [0, 0.1) is 0 Å². The van der Waals surface area contributed by atoms with Crippen LogP contribution < -0.4 is 0 Å². The van der Waals surface area contributed by atoms with Crippen LogP contribution in [0.4, 0.5) is 19.4 Å². The van der Waals surface area contributed by atoms with Gasteiger partial charge < -0.3 is 0 Å². The molecule has 0 saturated carbocycles. The van der Waals surface area contributed by atoms with Gasteiger partial charge in [-0.05, 0) is 18.2 Å². The minimum Gasteiger partial charge on any atom is -0.143 e. The van der Waals surface area contributed by atoms with E-state index in [1.807, 2.05) is 0 Å². The van der Waals surface area contributed by atoms with Crippen molar-refractivity contribution in [2.75, 3.05) is 0 Å². The van der Waals surface area contributed by atoms with Gasteiger partial charge in [0.1, 0.15) is 4.90 Å². The molecule has 0 radical (unpaired) electrons. The van der Waals surface area contributed by atoms with Crippen LogP contribution in [0.2, 0.25) is 0 Å². The molecule has 0 fully saturated rings. The maximum atomic E-state index is 12.3. The average molecular weight is 315 g/mol. The van der Waals surface area contributed by atoms with Crippen molar-refractivity contribution in [1.82, 2.24) is 0 Å². The lowest BCUT2D eigenvalue weighted by Gasteiger charge is -2.40. The normalized spacial score (nSPS) is 17.4. The second-order valence-corrected chi connectivity index (χ2v) is 6.46. The van der Waals surface area contributed by atoms with Crippen molar-refractivity contribution in [2.45, 2.75) is 9.79 Å². The number of benzene rings is 1. The molecule has 14 heavy (non-hydrogen) atoms. The number of hydrogen-bond donors (Lipinski definition) is 1. The van der Waals surface area contributed by atoms with Gasteiger partial charge >= 0.3 is 10.2 Å². The van der Waals surface area contributed by atoms with E-state index in [2.05, 4.69) is 28.6 Å². The van der Waals surface area contributed by atoms with E-state index in [-0.39, 0.29) is 9.37 Å². The maximum absolute atomic E-state index is 12.3. The van der Waals surface area contributed by atoms with Gasteiger partial charge in [0, 0.05) is 9.37 Å². The lowest BCUT2D eigenvalue weighted by molar-refractivity contribution is 0.363. The molecule has 0 atom stereocenters. The van der Waals surface area contributed by atoms with Gasteiger partial charge in [0.25, 0.3) is 0 Å². The molecular weight excluding hydrogens is 311 g/mol. The topological polar surface area (TPSA) is 0 Å². The Morgan fingerprint density at radius 2 is 1.50 bits per heavy atom. The largest absolute Gasteiger partial charge is 0.310 e. The predicted molar refractivity (Wildman–Crippen MR) is 52.8 cm³/mol. The summed E-state index contributed by atoms with van der Waals surface area (Å²) in [6.45, 7) is 0. The molecule has 0 amide bonds. The molecule has 0 heterocycles. The van der Waals surface area contributed by atoms with Crippen molar-refractivity contribution >= 4 is 38.8 Å². The van der Waals surface area contributed by atoms with Gasteiger partial charge in [0.2, 0.25) is 0 Å². The van der Waals surface area contributed by atoms with Crippen LogP contribution in [0.3, 0.4) is 0 Å².